The van der Waals surface area contributed by atoms with Crippen molar-refractivity contribution in [2.45, 2.75) is 108 Å². The highest BCUT2D eigenvalue weighted by molar-refractivity contribution is 6.03. The molecule has 3 amide bonds. The minimum absolute atomic E-state index is 0.00169. The minimum atomic E-state index is -0.164. The molecule has 0 aliphatic heterocycles. The van der Waals surface area contributed by atoms with Crippen LogP contribution in [-0.4, -0.2) is 29.8 Å². The van der Waals surface area contributed by atoms with Crippen LogP contribution in [0, 0.1) is 5.92 Å². The van der Waals surface area contributed by atoms with Crippen molar-refractivity contribution in [3.63, 3.8) is 0 Å². The summed E-state index contributed by atoms with van der Waals surface area (Å²) in [5.41, 5.74) is 1.42. The highest BCUT2D eigenvalue weighted by atomic mass is 16.2. The second-order valence-corrected chi connectivity index (χ2v) is 10.2. The highest BCUT2D eigenvalue weighted by Gasteiger charge is 2.24. The van der Waals surface area contributed by atoms with Gasteiger partial charge in [-0.2, -0.15) is 0 Å². The first-order valence-electron chi connectivity index (χ1n) is 13.2. The maximum absolute atomic E-state index is 13.1. The van der Waals surface area contributed by atoms with Crippen molar-refractivity contribution < 1.29 is 14.4 Å². The molecule has 0 spiro atoms. The van der Waals surface area contributed by atoms with Gasteiger partial charge in [0.25, 0.3) is 11.8 Å². The standard InChI is InChI=1S/C27H39N3O3/c31-25(19-10-4-1-5-11-19)30-24-17-20(26(32)28-22-12-6-2-7-13-22)16-21(18-24)27(33)29-23-14-8-3-9-15-23/h16-19,22-23H,1-15H2,(H,28,32)(H,29,33)(H,30,31). The lowest BCUT2D eigenvalue weighted by Gasteiger charge is -2.24. The predicted octanol–water partition coefficient (Wildman–Crippen LogP) is 5.33. The van der Waals surface area contributed by atoms with Gasteiger partial charge >= 0.3 is 0 Å². The minimum Gasteiger partial charge on any atom is -0.349 e. The summed E-state index contributed by atoms with van der Waals surface area (Å²) in [6, 6.07) is 5.48. The van der Waals surface area contributed by atoms with Gasteiger partial charge in [0.15, 0.2) is 0 Å². The Morgan fingerprint density at radius 1 is 0.576 bits per heavy atom. The Hall–Kier alpha value is -2.37. The summed E-state index contributed by atoms with van der Waals surface area (Å²) in [5.74, 6) is -0.319. The normalized spacial score (nSPS) is 20.7. The SMILES string of the molecule is O=C(NC1CCCCC1)c1cc(NC(=O)C2CCCCC2)cc(C(=O)NC2CCCCC2)c1. The molecule has 6 nitrogen and oxygen atoms in total. The van der Waals surface area contributed by atoms with Gasteiger partial charge in [0.05, 0.1) is 0 Å². The fourth-order valence-electron chi connectivity index (χ4n) is 5.60. The van der Waals surface area contributed by atoms with Gasteiger partial charge in [0.1, 0.15) is 0 Å². The Kier molecular flexibility index (Phi) is 8.40. The molecule has 0 atom stereocenters. The van der Waals surface area contributed by atoms with Crippen LogP contribution in [0.5, 0.6) is 0 Å². The fraction of sp³-hybridized carbons (Fsp3) is 0.667. The number of hydrogen-bond acceptors (Lipinski definition) is 3. The summed E-state index contributed by atoms with van der Waals surface area (Å²) in [6.07, 6.45) is 16.1. The third kappa shape index (κ3) is 6.81. The van der Waals surface area contributed by atoms with Crippen LogP contribution in [0.1, 0.15) is 117 Å². The fourth-order valence-corrected chi connectivity index (χ4v) is 5.60. The second kappa shape index (κ2) is 11.7. The molecule has 180 valence electrons. The number of hydrogen-bond donors (Lipinski definition) is 3. The summed E-state index contributed by atoms with van der Waals surface area (Å²) in [5, 5.41) is 9.30. The van der Waals surface area contributed by atoms with Gasteiger partial charge < -0.3 is 16.0 Å². The summed E-state index contributed by atoms with van der Waals surface area (Å²) < 4.78 is 0. The van der Waals surface area contributed by atoms with Gasteiger partial charge in [-0.15, -0.1) is 0 Å². The molecule has 3 aliphatic carbocycles. The Balaban J connectivity index is 1.51. The molecule has 4 rings (SSSR count). The second-order valence-electron chi connectivity index (χ2n) is 10.2. The number of carbonyl (C=O) groups is 3. The molecule has 1 aromatic carbocycles. The number of nitrogens with one attached hydrogen (secondary N) is 3. The molecular formula is C27H39N3O3. The van der Waals surface area contributed by atoms with Crippen LogP contribution in [0.2, 0.25) is 0 Å². The van der Waals surface area contributed by atoms with Gasteiger partial charge in [-0.3, -0.25) is 14.4 Å². The molecule has 0 unspecified atom stereocenters. The number of anilines is 1. The first kappa shape index (κ1) is 23.8. The lowest BCUT2D eigenvalue weighted by molar-refractivity contribution is -0.120. The van der Waals surface area contributed by atoms with E-state index in [2.05, 4.69) is 16.0 Å². The molecule has 6 heteroatoms. The first-order chi connectivity index (χ1) is 16.1. The van der Waals surface area contributed by atoms with E-state index in [4.69, 9.17) is 0 Å². The lowest BCUT2D eigenvalue weighted by atomic mass is 9.88. The number of rotatable bonds is 6. The van der Waals surface area contributed by atoms with Crippen molar-refractivity contribution in [3.8, 4) is 0 Å². The van der Waals surface area contributed by atoms with E-state index in [0.717, 1.165) is 77.0 Å². The van der Waals surface area contributed by atoms with Crippen LogP contribution in [0.15, 0.2) is 18.2 Å². The smallest absolute Gasteiger partial charge is 0.251 e. The van der Waals surface area contributed by atoms with Crippen molar-refractivity contribution >= 4 is 23.4 Å². The summed E-state index contributed by atoms with van der Waals surface area (Å²) in [6.45, 7) is 0. The van der Waals surface area contributed by atoms with Gasteiger partial charge in [0, 0.05) is 34.8 Å². The summed E-state index contributed by atoms with van der Waals surface area (Å²) >= 11 is 0. The van der Waals surface area contributed by atoms with Crippen LogP contribution in [0.4, 0.5) is 5.69 Å². The molecule has 3 saturated carbocycles. The third-order valence-corrected chi connectivity index (χ3v) is 7.58. The first-order valence-corrected chi connectivity index (χ1v) is 13.2. The molecule has 0 saturated heterocycles. The molecule has 3 N–H and O–H groups in total. The zero-order valence-corrected chi connectivity index (χ0v) is 19.8. The van der Waals surface area contributed by atoms with Crippen molar-refractivity contribution in [1.82, 2.24) is 10.6 Å². The lowest BCUT2D eigenvalue weighted by Crippen LogP contribution is -2.37. The summed E-state index contributed by atoms with van der Waals surface area (Å²) in [4.78, 5) is 39.0. The van der Waals surface area contributed by atoms with Crippen LogP contribution in [-0.2, 0) is 4.79 Å². The summed E-state index contributed by atoms with van der Waals surface area (Å²) in [7, 11) is 0. The van der Waals surface area contributed by atoms with Crippen molar-refractivity contribution in [2.24, 2.45) is 5.92 Å². The maximum Gasteiger partial charge on any atom is 0.251 e. The topological polar surface area (TPSA) is 87.3 Å². The average molecular weight is 454 g/mol. The van der Waals surface area contributed by atoms with Gasteiger partial charge in [-0.05, 0) is 56.7 Å². The monoisotopic (exact) mass is 453 g/mol. The van der Waals surface area contributed by atoms with E-state index < -0.39 is 0 Å². The predicted molar refractivity (Wildman–Crippen MR) is 130 cm³/mol. The molecule has 3 aliphatic rings. The van der Waals surface area contributed by atoms with E-state index in [-0.39, 0.29) is 35.7 Å². The van der Waals surface area contributed by atoms with E-state index in [1.165, 1.54) is 19.3 Å². The molecule has 0 aromatic heterocycles. The molecule has 33 heavy (non-hydrogen) atoms. The van der Waals surface area contributed by atoms with E-state index >= 15 is 0 Å². The van der Waals surface area contributed by atoms with Gasteiger partial charge in [-0.1, -0.05) is 57.8 Å². The van der Waals surface area contributed by atoms with Crippen molar-refractivity contribution in [2.75, 3.05) is 5.32 Å². The number of benzene rings is 1. The molecular weight excluding hydrogens is 414 g/mol. The van der Waals surface area contributed by atoms with Gasteiger partial charge in [0.2, 0.25) is 5.91 Å². The van der Waals surface area contributed by atoms with Crippen molar-refractivity contribution in [3.05, 3.63) is 29.3 Å². The molecule has 0 bridgehead atoms. The van der Waals surface area contributed by atoms with E-state index in [1.807, 2.05) is 0 Å². The van der Waals surface area contributed by atoms with Gasteiger partial charge in [-0.25, -0.2) is 0 Å². The number of amides is 3. The Labute approximate surface area is 197 Å². The van der Waals surface area contributed by atoms with Crippen LogP contribution < -0.4 is 16.0 Å². The average Bonchev–Trinajstić information content (AvgIpc) is 2.85. The van der Waals surface area contributed by atoms with Crippen LogP contribution in [0.3, 0.4) is 0 Å². The Morgan fingerprint density at radius 2 is 1.00 bits per heavy atom. The largest absolute Gasteiger partial charge is 0.349 e. The third-order valence-electron chi connectivity index (χ3n) is 7.58. The van der Waals surface area contributed by atoms with E-state index in [0.29, 0.717) is 16.8 Å². The Bertz CT molecular complexity index is 785. The molecule has 3 fully saturated rings. The zero-order chi connectivity index (χ0) is 23.0. The van der Waals surface area contributed by atoms with Crippen molar-refractivity contribution in [1.29, 1.82) is 0 Å². The molecule has 0 radical (unpaired) electrons. The van der Waals surface area contributed by atoms with Crippen LogP contribution >= 0.6 is 0 Å². The maximum atomic E-state index is 13.1. The van der Waals surface area contributed by atoms with Crippen LogP contribution in [0.25, 0.3) is 0 Å². The Morgan fingerprint density at radius 3 is 1.45 bits per heavy atom. The van der Waals surface area contributed by atoms with E-state index in [9.17, 15) is 14.4 Å². The molecule has 0 heterocycles. The highest BCUT2D eigenvalue weighted by Crippen LogP contribution is 2.26. The molecule has 1 aromatic rings. The quantitative estimate of drug-likeness (QED) is 0.544. The zero-order valence-electron chi connectivity index (χ0n) is 19.8. The van der Waals surface area contributed by atoms with E-state index in [1.54, 1.807) is 18.2 Å². The number of carbonyl (C=O) groups excluding carboxylic acids is 3.